The molecule has 0 bridgehead atoms. The predicted molar refractivity (Wildman–Crippen MR) is 81.8 cm³/mol. The fraction of sp³-hybridized carbons (Fsp3) is 1.00. The van der Waals surface area contributed by atoms with E-state index in [9.17, 15) is 0 Å². The minimum Gasteiger partial charge on any atom is -0.0820 e. The average molecular weight is 315 g/mol. The van der Waals surface area contributed by atoms with E-state index in [0.717, 1.165) is 0 Å². The van der Waals surface area contributed by atoms with Crippen molar-refractivity contribution < 1.29 is 0 Å². The van der Waals surface area contributed by atoms with Gasteiger partial charge in [0.1, 0.15) is 0 Å². The summed E-state index contributed by atoms with van der Waals surface area (Å²) in [6, 6.07) is 0. The van der Waals surface area contributed by atoms with E-state index in [-0.39, 0.29) is 0 Å². The highest BCUT2D eigenvalue weighted by Crippen LogP contribution is 2.56. The van der Waals surface area contributed by atoms with Crippen molar-refractivity contribution in [2.75, 3.05) is 11.5 Å². The van der Waals surface area contributed by atoms with Crippen molar-refractivity contribution in [2.45, 2.75) is 13.8 Å². The van der Waals surface area contributed by atoms with Gasteiger partial charge in [0.15, 0.2) is 0 Å². The monoisotopic (exact) mass is 314 g/mol. The molecule has 0 aromatic rings. The lowest BCUT2D eigenvalue weighted by Crippen LogP contribution is -1.51. The quantitative estimate of drug-likeness (QED) is 0.355. The lowest BCUT2D eigenvalue weighted by molar-refractivity contribution is 1.54. The highest BCUT2D eigenvalue weighted by Gasteiger charge is 1.94. The first-order valence-electron chi connectivity index (χ1n) is 3.16. The Bertz CT molecular complexity index is 67.5. The van der Waals surface area contributed by atoms with Crippen LogP contribution in [0, 0.1) is 0 Å². The molecule has 0 aliphatic carbocycles. The summed E-state index contributed by atoms with van der Waals surface area (Å²) in [6.45, 7) is 4.36. The van der Waals surface area contributed by atoms with Crippen molar-refractivity contribution in [2.24, 2.45) is 0 Å². The molecule has 0 aromatic heterocycles. The standard InChI is InChI=1S/C4H10S8/c1-3-5-7-9-11-12-10-8-6-4-2/h3-4H2,1-2H3. The summed E-state index contributed by atoms with van der Waals surface area (Å²) in [5.41, 5.74) is 0. The van der Waals surface area contributed by atoms with Crippen LogP contribution < -0.4 is 0 Å². The van der Waals surface area contributed by atoms with Crippen molar-refractivity contribution in [3.8, 4) is 0 Å². The molecule has 0 radical (unpaired) electrons. The van der Waals surface area contributed by atoms with Crippen LogP contribution in [-0.2, 0) is 0 Å². The number of hydrogen-bond acceptors (Lipinski definition) is 8. The van der Waals surface area contributed by atoms with Gasteiger partial charge in [-0.15, -0.1) is 0 Å². The molecular formula is C4H10S8. The van der Waals surface area contributed by atoms with E-state index in [4.69, 9.17) is 0 Å². The van der Waals surface area contributed by atoms with Crippen LogP contribution in [0.5, 0.6) is 0 Å². The van der Waals surface area contributed by atoms with Gasteiger partial charge >= 0.3 is 0 Å². The molecule has 0 N–H and O–H groups in total. The van der Waals surface area contributed by atoms with E-state index in [1.807, 2.05) is 80.5 Å². The van der Waals surface area contributed by atoms with Crippen LogP contribution in [0.2, 0.25) is 0 Å². The third kappa shape index (κ3) is 12.8. The second-order valence-electron chi connectivity index (χ2n) is 1.22. The van der Waals surface area contributed by atoms with E-state index in [0.29, 0.717) is 0 Å². The van der Waals surface area contributed by atoms with E-state index in [2.05, 4.69) is 13.8 Å². The average Bonchev–Trinajstić information content (AvgIpc) is 2.10. The molecule has 0 atom stereocenters. The summed E-state index contributed by atoms with van der Waals surface area (Å²) in [5.74, 6) is 2.38. The molecule has 0 saturated heterocycles. The normalized spacial score (nSPS) is 10.5. The Morgan fingerprint density at radius 3 is 1.25 bits per heavy atom. The van der Waals surface area contributed by atoms with Gasteiger partial charge in [0, 0.05) is 11.5 Å². The molecule has 8 heteroatoms. The highest BCUT2D eigenvalue weighted by atomic mass is 34.0. The topological polar surface area (TPSA) is 0 Å². The van der Waals surface area contributed by atoms with Gasteiger partial charge in [-0.1, -0.05) is 35.4 Å². The zero-order valence-electron chi connectivity index (χ0n) is 6.68. The SMILES string of the molecule is CCSSSSSSSSCC. The van der Waals surface area contributed by atoms with Crippen molar-refractivity contribution in [1.29, 1.82) is 0 Å². The fourth-order valence-electron chi connectivity index (χ4n) is 0.181. The third-order valence-electron chi connectivity index (χ3n) is 0.471. The first-order valence-corrected chi connectivity index (χ1v) is 13.6. The van der Waals surface area contributed by atoms with E-state index in [1.54, 1.807) is 0 Å². The summed E-state index contributed by atoms with van der Waals surface area (Å²) < 4.78 is 0. The van der Waals surface area contributed by atoms with Crippen LogP contribution >= 0.6 is 80.5 Å². The van der Waals surface area contributed by atoms with Gasteiger partial charge in [0.2, 0.25) is 0 Å². The van der Waals surface area contributed by atoms with Gasteiger partial charge in [-0.25, -0.2) is 0 Å². The van der Waals surface area contributed by atoms with Crippen LogP contribution in [0.15, 0.2) is 0 Å². The summed E-state index contributed by atoms with van der Waals surface area (Å²) in [6.07, 6.45) is 0. The minimum absolute atomic E-state index is 1.19. The summed E-state index contributed by atoms with van der Waals surface area (Å²) in [4.78, 5) is 0. The highest BCUT2D eigenvalue weighted by molar-refractivity contribution is 9.48. The molecule has 0 amide bonds. The first kappa shape index (κ1) is 14.8. The molecule has 0 heterocycles. The zero-order valence-corrected chi connectivity index (χ0v) is 13.2. The van der Waals surface area contributed by atoms with Crippen LogP contribution in [0.1, 0.15) is 13.8 Å². The minimum atomic E-state index is 1.19. The molecule has 12 heavy (non-hydrogen) atoms. The largest absolute Gasteiger partial charge is 0.0820 e. The van der Waals surface area contributed by atoms with E-state index < -0.39 is 0 Å². The molecule has 0 spiro atoms. The first-order chi connectivity index (χ1) is 5.91. The lowest BCUT2D eigenvalue weighted by Gasteiger charge is -1.96. The summed E-state index contributed by atoms with van der Waals surface area (Å²) >= 11 is 0. The molecule has 0 aliphatic heterocycles. The lowest BCUT2D eigenvalue weighted by atomic mass is 11.0. The van der Waals surface area contributed by atoms with Gasteiger partial charge in [-0.05, 0) is 59.0 Å². The maximum Gasteiger partial charge on any atom is 0.00169 e. The molecule has 0 aromatic carbocycles. The Labute approximate surface area is 105 Å². The van der Waals surface area contributed by atoms with Gasteiger partial charge in [0.25, 0.3) is 0 Å². The van der Waals surface area contributed by atoms with Crippen molar-refractivity contribution in [3.63, 3.8) is 0 Å². The molecule has 0 saturated carbocycles. The molecule has 0 rings (SSSR count). The van der Waals surface area contributed by atoms with Gasteiger partial charge in [-0.2, -0.15) is 0 Å². The Morgan fingerprint density at radius 1 is 0.583 bits per heavy atom. The second kappa shape index (κ2) is 13.8. The van der Waals surface area contributed by atoms with Gasteiger partial charge < -0.3 is 0 Å². The maximum absolute atomic E-state index is 2.18. The fourth-order valence-corrected chi connectivity index (χ4v) is 16.8. The van der Waals surface area contributed by atoms with Crippen LogP contribution in [0.25, 0.3) is 0 Å². The summed E-state index contributed by atoms with van der Waals surface area (Å²) in [5, 5.41) is 0. The van der Waals surface area contributed by atoms with Crippen LogP contribution in [0.3, 0.4) is 0 Å². The molecule has 74 valence electrons. The molecule has 0 aliphatic rings. The summed E-state index contributed by atoms with van der Waals surface area (Å²) in [7, 11) is 14.9. The molecule has 0 fully saturated rings. The number of rotatable bonds is 9. The Balaban J connectivity index is 2.73. The zero-order chi connectivity index (χ0) is 9.07. The van der Waals surface area contributed by atoms with Crippen LogP contribution in [-0.4, -0.2) is 11.5 Å². The molecular weight excluding hydrogens is 305 g/mol. The van der Waals surface area contributed by atoms with E-state index in [1.165, 1.54) is 11.5 Å². The van der Waals surface area contributed by atoms with Crippen LogP contribution in [0.4, 0.5) is 0 Å². The Hall–Kier alpha value is 2.80. The van der Waals surface area contributed by atoms with Gasteiger partial charge in [0.05, 0.1) is 0 Å². The Kier molecular flexibility index (Phi) is 17.0. The molecule has 0 nitrogen and oxygen atoms in total. The third-order valence-corrected chi connectivity index (χ3v) is 16.0. The predicted octanol–water partition coefficient (Wildman–Crippen LogP) is 6.30. The maximum atomic E-state index is 2.18. The van der Waals surface area contributed by atoms with Crippen molar-refractivity contribution >= 4 is 80.5 Å². The second-order valence-corrected chi connectivity index (χ2v) is 14.9. The molecule has 0 unspecified atom stereocenters. The smallest absolute Gasteiger partial charge is 0.00169 e. The number of hydrogen-bond donors (Lipinski definition) is 0. The van der Waals surface area contributed by atoms with E-state index >= 15 is 0 Å². The van der Waals surface area contributed by atoms with Crippen molar-refractivity contribution in [1.82, 2.24) is 0 Å². The van der Waals surface area contributed by atoms with Crippen molar-refractivity contribution in [3.05, 3.63) is 0 Å². The van der Waals surface area contributed by atoms with Gasteiger partial charge in [-0.3, -0.25) is 0 Å². The Morgan fingerprint density at radius 2 is 0.917 bits per heavy atom.